The van der Waals surface area contributed by atoms with E-state index in [4.69, 9.17) is 5.73 Å². The van der Waals surface area contributed by atoms with Crippen LogP contribution in [0.2, 0.25) is 0 Å². The summed E-state index contributed by atoms with van der Waals surface area (Å²) in [4.78, 5) is 4.96. The Bertz CT molecular complexity index is 427. The maximum Gasteiger partial charge on any atom is 0.142 e. The average Bonchev–Trinajstić information content (AvgIpc) is 3.10. The fourth-order valence-electron chi connectivity index (χ4n) is 2.94. The minimum Gasteiger partial charge on any atom is -0.383 e. The molecule has 0 aromatic carbocycles. The molecule has 1 aromatic heterocycles. The lowest BCUT2D eigenvalue weighted by Gasteiger charge is -2.29. The second-order valence-corrected chi connectivity index (χ2v) is 6.47. The number of hydrogen-bond donors (Lipinski definition) is 1. The first kappa shape index (κ1) is 12.2. The van der Waals surface area contributed by atoms with Gasteiger partial charge in [-0.3, -0.25) is 0 Å². The van der Waals surface area contributed by atoms with Crippen molar-refractivity contribution >= 4 is 22.4 Å². The van der Waals surface area contributed by atoms with E-state index in [9.17, 15) is 0 Å². The summed E-state index contributed by atoms with van der Waals surface area (Å²) in [7, 11) is 2.21. The Hall–Kier alpha value is -0.810. The highest BCUT2D eigenvalue weighted by atomic mass is 32.1. The van der Waals surface area contributed by atoms with Gasteiger partial charge in [-0.05, 0) is 57.2 Å². The summed E-state index contributed by atoms with van der Waals surface area (Å²) >= 11 is 1.60. The van der Waals surface area contributed by atoms with Gasteiger partial charge in [0.1, 0.15) is 10.8 Å². The van der Waals surface area contributed by atoms with Gasteiger partial charge in [-0.2, -0.15) is 4.37 Å². The Labute approximate surface area is 113 Å². The van der Waals surface area contributed by atoms with E-state index in [1.165, 1.54) is 36.4 Å². The lowest BCUT2D eigenvalue weighted by atomic mass is 10.1. The van der Waals surface area contributed by atoms with E-state index in [0.29, 0.717) is 12.0 Å². The van der Waals surface area contributed by atoms with Crippen molar-refractivity contribution < 1.29 is 0 Å². The summed E-state index contributed by atoms with van der Waals surface area (Å²) in [6.07, 6.45) is 3.80. The lowest BCUT2D eigenvalue weighted by molar-refractivity contribution is 0.337. The van der Waals surface area contributed by atoms with Gasteiger partial charge in [-0.1, -0.05) is 0 Å². The third-order valence-electron chi connectivity index (χ3n) is 4.03. The van der Waals surface area contributed by atoms with Gasteiger partial charge >= 0.3 is 0 Å². The molecular weight excluding hydrogens is 244 g/mol. The molecule has 5 heteroatoms. The van der Waals surface area contributed by atoms with Crippen molar-refractivity contribution in [3.63, 3.8) is 0 Å². The quantitative estimate of drug-likeness (QED) is 0.891. The third-order valence-corrected chi connectivity index (χ3v) is 4.95. The van der Waals surface area contributed by atoms with Gasteiger partial charge in [-0.25, -0.2) is 0 Å². The second kappa shape index (κ2) is 4.70. The summed E-state index contributed by atoms with van der Waals surface area (Å²) in [5, 5.41) is 1.35. The van der Waals surface area contributed by atoms with Gasteiger partial charge in [-0.15, -0.1) is 0 Å². The predicted octanol–water partition coefficient (Wildman–Crippen LogP) is 2.13. The number of hydrogen-bond acceptors (Lipinski definition) is 5. The van der Waals surface area contributed by atoms with Crippen molar-refractivity contribution in [3.05, 3.63) is 5.56 Å². The third kappa shape index (κ3) is 2.21. The molecule has 0 radical (unpaired) electrons. The van der Waals surface area contributed by atoms with Crippen molar-refractivity contribution in [2.24, 2.45) is 0 Å². The largest absolute Gasteiger partial charge is 0.383 e. The molecule has 2 fully saturated rings. The van der Waals surface area contributed by atoms with Gasteiger partial charge in [0.15, 0.2) is 0 Å². The standard InChI is InChI=1S/C13H22N4S/c1-9-8-16(2)6-3-7-17(9)13-11(10-4-5-10)12(14)15-18-13/h9-10H,3-8H2,1-2H3,(H2,14,15). The Morgan fingerprint density at radius 2 is 2.11 bits per heavy atom. The van der Waals surface area contributed by atoms with Crippen LogP contribution in [-0.2, 0) is 0 Å². The first-order valence-corrected chi connectivity index (χ1v) is 7.64. The first-order chi connectivity index (χ1) is 8.66. The van der Waals surface area contributed by atoms with Crippen molar-refractivity contribution in [3.8, 4) is 0 Å². The summed E-state index contributed by atoms with van der Waals surface area (Å²) in [5.74, 6) is 1.47. The zero-order valence-electron chi connectivity index (χ0n) is 11.2. The minimum atomic E-state index is 0.551. The smallest absolute Gasteiger partial charge is 0.142 e. The molecule has 1 aromatic rings. The van der Waals surface area contributed by atoms with Gasteiger partial charge < -0.3 is 15.5 Å². The van der Waals surface area contributed by atoms with Crippen LogP contribution < -0.4 is 10.6 Å². The molecule has 1 saturated heterocycles. The highest BCUT2D eigenvalue weighted by Crippen LogP contribution is 2.49. The van der Waals surface area contributed by atoms with Crippen LogP contribution in [-0.4, -0.2) is 42.0 Å². The Morgan fingerprint density at radius 1 is 1.33 bits per heavy atom. The van der Waals surface area contributed by atoms with E-state index in [2.05, 4.69) is 28.1 Å². The van der Waals surface area contributed by atoms with Crippen LogP contribution >= 0.6 is 11.5 Å². The molecule has 0 spiro atoms. The molecule has 2 aliphatic rings. The number of nitrogens with two attached hydrogens (primary N) is 1. The van der Waals surface area contributed by atoms with Crippen LogP contribution in [0.1, 0.15) is 37.7 Å². The molecule has 4 nitrogen and oxygen atoms in total. The molecule has 18 heavy (non-hydrogen) atoms. The molecule has 3 rings (SSSR count). The van der Waals surface area contributed by atoms with Crippen LogP contribution in [0.4, 0.5) is 10.8 Å². The van der Waals surface area contributed by atoms with Crippen LogP contribution in [0.15, 0.2) is 0 Å². The molecule has 2 N–H and O–H groups in total. The molecular formula is C13H22N4S. The molecule has 100 valence electrons. The zero-order valence-corrected chi connectivity index (χ0v) is 12.0. The molecule has 1 unspecified atom stereocenters. The molecule has 0 bridgehead atoms. The van der Waals surface area contributed by atoms with Crippen molar-refractivity contribution in [1.82, 2.24) is 9.27 Å². The number of likely N-dealkylation sites (N-methyl/N-ethyl adjacent to an activating group) is 1. The minimum absolute atomic E-state index is 0.551. The van der Waals surface area contributed by atoms with Gasteiger partial charge in [0.25, 0.3) is 0 Å². The van der Waals surface area contributed by atoms with Gasteiger partial charge in [0, 0.05) is 24.7 Å². The second-order valence-electron chi connectivity index (χ2n) is 5.72. The Balaban J connectivity index is 1.88. The Morgan fingerprint density at radius 3 is 2.83 bits per heavy atom. The molecule has 1 atom stereocenters. The normalized spacial score (nSPS) is 26.3. The summed E-state index contributed by atoms with van der Waals surface area (Å²) in [5.41, 5.74) is 7.41. The SMILES string of the molecule is CC1CN(C)CCCN1c1snc(N)c1C1CC1. The van der Waals surface area contributed by atoms with Crippen LogP contribution in [0.25, 0.3) is 0 Å². The van der Waals surface area contributed by atoms with Crippen molar-refractivity contribution in [2.75, 3.05) is 37.3 Å². The molecule has 1 saturated carbocycles. The number of nitrogens with zero attached hydrogens (tertiary/aromatic N) is 3. The maximum atomic E-state index is 6.06. The van der Waals surface area contributed by atoms with E-state index in [-0.39, 0.29) is 0 Å². The number of anilines is 2. The predicted molar refractivity (Wildman–Crippen MR) is 77.4 cm³/mol. The molecule has 2 heterocycles. The molecule has 1 aliphatic heterocycles. The molecule has 1 aliphatic carbocycles. The lowest BCUT2D eigenvalue weighted by Crippen LogP contribution is -2.37. The number of rotatable bonds is 2. The van der Waals surface area contributed by atoms with Gasteiger partial charge in [0.05, 0.1) is 0 Å². The van der Waals surface area contributed by atoms with Crippen molar-refractivity contribution in [1.29, 1.82) is 0 Å². The highest BCUT2D eigenvalue weighted by Gasteiger charge is 2.33. The average molecular weight is 266 g/mol. The van der Waals surface area contributed by atoms with E-state index in [1.54, 1.807) is 11.5 Å². The highest BCUT2D eigenvalue weighted by molar-refractivity contribution is 7.10. The van der Waals surface area contributed by atoms with Crippen LogP contribution in [0.3, 0.4) is 0 Å². The topological polar surface area (TPSA) is 45.4 Å². The summed E-state index contributed by atoms with van der Waals surface area (Å²) in [6.45, 7) is 5.76. The monoisotopic (exact) mass is 266 g/mol. The van der Waals surface area contributed by atoms with Crippen molar-refractivity contribution in [2.45, 2.75) is 38.1 Å². The van der Waals surface area contributed by atoms with Crippen LogP contribution in [0, 0.1) is 0 Å². The number of aromatic nitrogens is 1. The van der Waals surface area contributed by atoms with Gasteiger partial charge in [0.2, 0.25) is 0 Å². The van der Waals surface area contributed by atoms with E-state index in [0.717, 1.165) is 18.9 Å². The van der Waals surface area contributed by atoms with E-state index >= 15 is 0 Å². The number of nitrogen functional groups attached to an aromatic ring is 1. The molecule has 0 amide bonds. The summed E-state index contributed by atoms with van der Waals surface area (Å²) < 4.78 is 4.40. The fourth-order valence-corrected chi connectivity index (χ4v) is 3.97. The zero-order chi connectivity index (χ0) is 12.7. The maximum absolute atomic E-state index is 6.06. The van der Waals surface area contributed by atoms with E-state index < -0.39 is 0 Å². The van der Waals surface area contributed by atoms with E-state index in [1.807, 2.05) is 0 Å². The summed E-state index contributed by atoms with van der Waals surface area (Å²) in [6, 6.07) is 0.551. The van der Waals surface area contributed by atoms with Crippen LogP contribution in [0.5, 0.6) is 0 Å². The Kier molecular flexibility index (Phi) is 3.20. The first-order valence-electron chi connectivity index (χ1n) is 6.87. The fraction of sp³-hybridized carbons (Fsp3) is 0.769.